The van der Waals surface area contributed by atoms with Gasteiger partial charge in [-0.2, -0.15) is 5.26 Å². The molecule has 0 aliphatic carbocycles. The highest BCUT2D eigenvalue weighted by Crippen LogP contribution is 2.26. The monoisotopic (exact) mass is 284 g/mol. The van der Waals surface area contributed by atoms with Crippen molar-refractivity contribution in [1.29, 1.82) is 5.26 Å². The van der Waals surface area contributed by atoms with E-state index in [0.717, 1.165) is 11.1 Å². The van der Waals surface area contributed by atoms with Crippen molar-refractivity contribution in [1.82, 2.24) is 5.32 Å². The van der Waals surface area contributed by atoms with Crippen LogP contribution in [-0.2, 0) is 6.61 Å². The maximum absolute atomic E-state index is 13.4. The van der Waals surface area contributed by atoms with E-state index in [9.17, 15) is 4.39 Å². The minimum Gasteiger partial charge on any atom is -0.488 e. The van der Waals surface area contributed by atoms with Crippen LogP contribution in [-0.4, -0.2) is 7.05 Å². The first-order valence-electron chi connectivity index (χ1n) is 6.72. The Morgan fingerprint density at radius 1 is 1.29 bits per heavy atom. The van der Waals surface area contributed by atoms with E-state index in [1.807, 2.05) is 20.0 Å². The van der Waals surface area contributed by atoms with Crippen LogP contribution < -0.4 is 10.1 Å². The van der Waals surface area contributed by atoms with Crippen molar-refractivity contribution in [2.45, 2.75) is 19.6 Å². The van der Waals surface area contributed by atoms with E-state index in [4.69, 9.17) is 10.00 Å². The largest absolute Gasteiger partial charge is 0.488 e. The molecule has 0 radical (unpaired) electrons. The van der Waals surface area contributed by atoms with Gasteiger partial charge in [0.05, 0.1) is 11.6 Å². The molecular weight excluding hydrogens is 267 g/mol. The first-order valence-corrected chi connectivity index (χ1v) is 6.72. The van der Waals surface area contributed by atoms with Crippen molar-refractivity contribution < 1.29 is 9.13 Å². The van der Waals surface area contributed by atoms with Gasteiger partial charge in [0.1, 0.15) is 18.2 Å². The minimum atomic E-state index is -0.331. The average molecular weight is 284 g/mol. The van der Waals surface area contributed by atoms with Crippen LogP contribution in [0.2, 0.25) is 0 Å². The van der Waals surface area contributed by atoms with Crippen LogP contribution in [0.15, 0.2) is 42.5 Å². The smallest absolute Gasteiger partial charge is 0.127 e. The van der Waals surface area contributed by atoms with Crippen LogP contribution in [0.1, 0.15) is 29.7 Å². The van der Waals surface area contributed by atoms with Gasteiger partial charge in [-0.15, -0.1) is 0 Å². The van der Waals surface area contributed by atoms with Crippen LogP contribution in [0.25, 0.3) is 0 Å². The fourth-order valence-corrected chi connectivity index (χ4v) is 2.04. The van der Waals surface area contributed by atoms with Crippen molar-refractivity contribution in [2.24, 2.45) is 0 Å². The van der Waals surface area contributed by atoms with E-state index >= 15 is 0 Å². The molecular formula is C17H17FN2O. The van der Waals surface area contributed by atoms with E-state index in [2.05, 4.69) is 11.4 Å². The van der Waals surface area contributed by atoms with Crippen molar-refractivity contribution in [3.05, 3.63) is 65.0 Å². The van der Waals surface area contributed by atoms with Gasteiger partial charge in [-0.05, 0) is 37.7 Å². The highest BCUT2D eigenvalue weighted by Gasteiger charge is 2.11. The van der Waals surface area contributed by atoms with E-state index in [1.54, 1.807) is 24.3 Å². The van der Waals surface area contributed by atoms with E-state index in [1.165, 1.54) is 12.1 Å². The molecule has 1 unspecified atom stereocenters. The Hall–Kier alpha value is -2.38. The fourth-order valence-electron chi connectivity index (χ4n) is 2.04. The molecule has 0 amide bonds. The molecule has 0 aliphatic heterocycles. The molecule has 0 fully saturated rings. The van der Waals surface area contributed by atoms with Gasteiger partial charge in [-0.1, -0.05) is 18.2 Å². The number of ether oxygens (including phenoxy) is 1. The minimum absolute atomic E-state index is 0.0612. The zero-order valence-corrected chi connectivity index (χ0v) is 12.1. The number of hydrogen-bond donors (Lipinski definition) is 1. The second-order valence-electron chi connectivity index (χ2n) is 4.79. The van der Waals surface area contributed by atoms with Gasteiger partial charge in [-0.3, -0.25) is 0 Å². The molecule has 2 aromatic rings. The predicted octanol–water partition coefficient (Wildman–Crippen LogP) is 3.56. The third-order valence-electron chi connectivity index (χ3n) is 3.33. The zero-order valence-electron chi connectivity index (χ0n) is 12.1. The second kappa shape index (κ2) is 6.87. The van der Waals surface area contributed by atoms with Gasteiger partial charge in [0, 0.05) is 17.7 Å². The number of nitrogens with one attached hydrogen (secondary N) is 1. The van der Waals surface area contributed by atoms with Gasteiger partial charge >= 0.3 is 0 Å². The molecule has 0 bridgehead atoms. The molecule has 0 aromatic heterocycles. The highest BCUT2D eigenvalue weighted by molar-refractivity contribution is 5.37. The Labute approximate surface area is 124 Å². The van der Waals surface area contributed by atoms with Gasteiger partial charge in [0.2, 0.25) is 0 Å². The summed E-state index contributed by atoms with van der Waals surface area (Å²) in [6.45, 7) is 2.28. The number of nitrogens with zero attached hydrogens (tertiary/aromatic N) is 1. The first-order chi connectivity index (χ1) is 10.1. The Bertz CT molecular complexity index is 664. The summed E-state index contributed by atoms with van der Waals surface area (Å²) in [5, 5.41) is 12.0. The normalized spacial score (nSPS) is 11.7. The quantitative estimate of drug-likeness (QED) is 0.913. The van der Waals surface area contributed by atoms with Crippen molar-refractivity contribution in [2.75, 3.05) is 7.05 Å². The summed E-state index contributed by atoms with van der Waals surface area (Å²) in [5.74, 6) is 0.182. The van der Waals surface area contributed by atoms with Gasteiger partial charge in [0.15, 0.2) is 0 Å². The zero-order chi connectivity index (χ0) is 15.2. The van der Waals surface area contributed by atoms with E-state index in [0.29, 0.717) is 17.9 Å². The summed E-state index contributed by atoms with van der Waals surface area (Å²) in [7, 11) is 1.84. The molecule has 0 spiro atoms. The lowest BCUT2D eigenvalue weighted by atomic mass is 10.1. The maximum Gasteiger partial charge on any atom is 0.127 e. The lowest BCUT2D eigenvalue weighted by molar-refractivity contribution is 0.298. The number of benzene rings is 2. The van der Waals surface area contributed by atoms with Gasteiger partial charge in [-0.25, -0.2) is 4.39 Å². The molecule has 1 N–H and O–H groups in total. The molecule has 1 atom stereocenters. The van der Waals surface area contributed by atoms with Crippen LogP contribution in [0, 0.1) is 17.1 Å². The number of hydrogen-bond acceptors (Lipinski definition) is 3. The summed E-state index contributed by atoms with van der Waals surface area (Å²) in [5.41, 5.74) is 2.36. The molecule has 2 rings (SSSR count). The summed E-state index contributed by atoms with van der Waals surface area (Å²) in [4.78, 5) is 0. The third-order valence-corrected chi connectivity index (χ3v) is 3.33. The molecule has 2 aromatic carbocycles. The van der Waals surface area contributed by atoms with Crippen LogP contribution in [0.5, 0.6) is 5.75 Å². The third kappa shape index (κ3) is 3.80. The summed E-state index contributed by atoms with van der Waals surface area (Å²) < 4.78 is 19.2. The predicted molar refractivity (Wildman–Crippen MR) is 79.4 cm³/mol. The number of nitriles is 1. The highest BCUT2D eigenvalue weighted by atomic mass is 19.1. The summed E-state index contributed by atoms with van der Waals surface area (Å²) >= 11 is 0. The Kier molecular flexibility index (Phi) is 4.91. The van der Waals surface area contributed by atoms with Crippen molar-refractivity contribution in [3.8, 4) is 11.8 Å². The van der Waals surface area contributed by atoms with Crippen LogP contribution in [0.3, 0.4) is 0 Å². The van der Waals surface area contributed by atoms with E-state index in [-0.39, 0.29) is 11.9 Å². The maximum atomic E-state index is 13.4. The second-order valence-corrected chi connectivity index (χ2v) is 4.79. The van der Waals surface area contributed by atoms with Crippen molar-refractivity contribution in [3.63, 3.8) is 0 Å². The van der Waals surface area contributed by atoms with E-state index < -0.39 is 0 Å². The first kappa shape index (κ1) is 15.0. The summed E-state index contributed by atoms with van der Waals surface area (Å²) in [6, 6.07) is 13.9. The molecule has 0 heterocycles. The molecule has 0 aliphatic rings. The molecule has 4 heteroatoms. The van der Waals surface area contributed by atoms with Crippen LogP contribution >= 0.6 is 0 Å². The summed E-state index contributed by atoms with van der Waals surface area (Å²) in [6.07, 6.45) is 0. The Morgan fingerprint density at radius 3 is 2.81 bits per heavy atom. The van der Waals surface area contributed by atoms with Crippen molar-refractivity contribution >= 4 is 0 Å². The number of rotatable bonds is 5. The lowest BCUT2D eigenvalue weighted by Crippen LogP contribution is -2.14. The molecule has 3 nitrogen and oxygen atoms in total. The Morgan fingerprint density at radius 2 is 2.10 bits per heavy atom. The standard InChI is InChI=1S/C17H17FN2O/c1-12(20-2)16-7-6-15(18)9-17(16)21-11-14-5-3-4-13(8-14)10-19/h3-9,12,20H,11H2,1-2H3. The molecule has 0 saturated carbocycles. The SMILES string of the molecule is CNC(C)c1ccc(F)cc1OCc1cccc(C#N)c1. The van der Waals surface area contributed by atoms with Crippen LogP contribution in [0.4, 0.5) is 4.39 Å². The topological polar surface area (TPSA) is 45.0 Å². The van der Waals surface area contributed by atoms with Gasteiger partial charge < -0.3 is 10.1 Å². The lowest BCUT2D eigenvalue weighted by Gasteiger charge is -2.16. The number of halogens is 1. The molecule has 108 valence electrons. The average Bonchev–Trinajstić information content (AvgIpc) is 2.52. The molecule has 21 heavy (non-hydrogen) atoms. The Balaban J connectivity index is 2.19. The fraction of sp³-hybridized carbons (Fsp3) is 0.235. The van der Waals surface area contributed by atoms with Gasteiger partial charge in [0.25, 0.3) is 0 Å². The molecule has 0 saturated heterocycles.